The number of alkyl halides is 2. The van der Waals surface area contributed by atoms with Crippen LogP contribution in [0.1, 0.15) is 26.3 Å². The van der Waals surface area contributed by atoms with Gasteiger partial charge in [0.1, 0.15) is 23.0 Å². The lowest BCUT2D eigenvalue weighted by atomic mass is 9.73. The van der Waals surface area contributed by atoms with Gasteiger partial charge in [0.2, 0.25) is 0 Å². The fourth-order valence-corrected chi connectivity index (χ4v) is 3.11. The van der Waals surface area contributed by atoms with Crippen molar-refractivity contribution in [2.24, 2.45) is 5.92 Å². The molecule has 1 unspecified atom stereocenters. The van der Waals surface area contributed by atoms with Crippen LogP contribution in [-0.2, 0) is 10.2 Å². The van der Waals surface area contributed by atoms with Crippen LogP contribution >= 0.6 is 0 Å². The van der Waals surface area contributed by atoms with Gasteiger partial charge >= 0.3 is 12.6 Å². The van der Waals surface area contributed by atoms with Gasteiger partial charge in [-0.3, -0.25) is 4.79 Å². The predicted octanol–water partition coefficient (Wildman–Crippen LogP) is 6.60. The number of carbonyl (C=O) groups excluding carboxylic acids is 1. The number of para-hydroxylation sites is 1. The number of rotatable bonds is 8. The second-order valence-corrected chi connectivity index (χ2v) is 7.54. The van der Waals surface area contributed by atoms with E-state index in [1.54, 1.807) is 43.3 Å². The molecule has 0 bridgehead atoms. The Kier molecular flexibility index (Phi) is 6.90. The highest BCUT2D eigenvalue weighted by molar-refractivity contribution is 5.85. The fraction of sp³-hybridized carbons (Fsp3) is 0.240. The van der Waals surface area contributed by atoms with Gasteiger partial charge < -0.3 is 14.2 Å². The van der Waals surface area contributed by atoms with Gasteiger partial charge in [0.25, 0.3) is 0 Å². The highest BCUT2D eigenvalue weighted by Crippen LogP contribution is 2.35. The highest BCUT2D eigenvalue weighted by Gasteiger charge is 2.40. The molecule has 0 aliphatic carbocycles. The Morgan fingerprint density at radius 2 is 1.42 bits per heavy atom. The van der Waals surface area contributed by atoms with Gasteiger partial charge in [-0.25, -0.2) is 0 Å². The van der Waals surface area contributed by atoms with E-state index in [1.165, 1.54) is 12.1 Å². The molecule has 0 radical (unpaired) electrons. The van der Waals surface area contributed by atoms with E-state index in [1.807, 2.05) is 44.2 Å². The van der Waals surface area contributed by atoms with E-state index in [4.69, 9.17) is 9.47 Å². The van der Waals surface area contributed by atoms with Crippen LogP contribution in [0.4, 0.5) is 8.78 Å². The van der Waals surface area contributed by atoms with Crippen molar-refractivity contribution >= 4 is 5.97 Å². The van der Waals surface area contributed by atoms with E-state index in [-0.39, 0.29) is 11.7 Å². The summed E-state index contributed by atoms with van der Waals surface area (Å²) in [6.07, 6.45) is 0. The normalized spacial score (nSPS) is 13.0. The lowest BCUT2D eigenvalue weighted by Crippen LogP contribution is -2.41. The molecular formula is C25H24F2O4. The molecule has 0 aliphatic rings. The average Bonchev–Trinajstić information content (AvgIpc) is 2.74. The van der Waals surface area contributed by atoms with E-state index in [2.05, 4.69) is 4.74 Å². The molecule has 0 fully saturated rings. The largest absolute Gasteiger partial charge is 0.457 e. The van der Waals surface area contributed by atoms with Crippen LogP contribution in [0.3, 0.4) is 0 Å². The van der Waals surface area contributed by atoms with Gasteiger partial charge in [-0.2, -0.15) is 8.78 Å². The molecule has 31 heavy (non-hydrogen) atoms. The second-order valence-electron chi connectivity index (χ2n) is 7.54. The number of esters is 1. The van der Waals surface area contributed by atoms with Gasteiger partial charge in [0, 0.05) is 6.07 Å². The van der Waals surface area contributed by atoms with Crippen LogP contribution in [-0.4, -0.2) is 12.6 Å². The summed E-state index contributed by atoms with van der Waals surface area (Å²) < 4.78 is 40.7. The van der Waals surface area contributed by atoms with Crippen molar-refractivity contribution in [3.05, 3.63) is 84.4 Å². The maximum Gasteiger partial charge on any atom is 0.387 e. The Bertz CT molecular complexity index is 1000. The molecule has 4 nitrogen and oxygen atoms in total. The fourth-order valence-electron chi connectivity index (χ4n) is 3.11. The number of benzene rings is 3. The molecule has 1 atom stereocenters. The molecule has 162 valence electrons. The first-order chi connectivity index (χ1) is 14.8. The third kappa shape index (κ3) is 5.40. The molecule has 0 aliphatic heterocycles. The van der Waals surface area contributed by atoms with Gasteiger partial charge in [-0.15, -0.1) is 0 Å². The van der Waals surface area contributed by atoms with Crippen molar-refractivity contribution in [3.8, 4) is 23.0 Å². The first-order valence-corrected chi connectivity index (χ1v) is 9.89. The zero-order chi connectivity index (χ0) is 22.4. The second kappa shape index (κ2) is 9.60. The Balaban J connectivity index is 1.80. The van der Waals surface area contributed by atoms with Crippen molar-refractivity contribution in [1.29, 1.82) is 0 Å². The molecule has 6 heteroatoms. The van der Waals surface area contributed by atoms with Gasteiger partial charge in [0.05, 0.1) is 5.41 Å². The summed E-state index contributed by atoms with van der Waals surface area (Å²) in [5, 5.41) is 0. The lowest BCUT2D eigenvalue weighted by molar-refractivity contribution is -0.142. The Labute approximate surface area is 180 Å². The van der Waals surface area contributed by atoms with Crippen LogP contribution in [0.25, 0.3) is 0 Å². The third-order valence-electron chi connectivity index (χ3n) is 5.25. The Morgan fingerprint density at radius 3 is 2.03 bits per heavy atom. The van der Waals surface area contributed by atoms with Gasteiger partial charge in [-0.05, 0) is 54.8 Å². The number of ether oxygens (including phenoxy) is 3. The number of hydrogen-bond donors (Lipinski definition) is 0. The zero-order valence-corrected chi connectivity index (χ0v) is 17.5. The molecule has 0 heterocycles. The molecule has 0 saturated carbocycles. The predicted molar refractivity (Wildman–Crippen MR) is 114 cm³/mol. The van der Waals surface area contributed by atoms with E-state index in [0.29, 0.717) is 22.8 Å². The van der Waals surface area contributed by atoms with Crippen molar-refractivity contribution in [1.82, 2.24) is 0 Å². The van der Waals surface area contributed by atoms with Crippen molar-refractivity contribution in [3.63, 3.8) is 0 Å². The average molecular weight is 426 g/mol. The minimum atomic E-state index is -2.90. The van der Waals surface area contributed by atoms with E-state index >= 15 is 0 Å². The van der Waals surface area contributed by atoms with Gasteiger partial charge in [-0.1, -0.05) is 50.2 Å². The van der Waals surface area contributed by atoms with Crippen molar-refractivity contribution < 1.29 is 27.8 Å². The number of hydrogen-bond acceptors (Lipinski definition) is 4. The Morgan fingerprint density at radius 1 is 0.806 bits per heavy atom. The molecule has 0 N–H and O–H groups in total. The molecular weight excluding hydrogens is 402 g/mol. The minimum Gasteiger partial charge on any atom is -0.457 e. The molecule has 0 aromatic heterocycles. The summed E-state index contributed by atoms with van der Waals surface area (Å²) in [5.74, 6) is 1.01. The Hall–Kier alpha value is -3.41. The first-order valence-electron chi connectivity index (χ1n) is 9.89. The van der Waals surface area contributed by atoms with Crippen LogP contribution in [0.5, 0.6) is 23.0 Å². The smallest absolute Gasteiger partial charge is 0.387 e. The SMILES string of the molecule is CC(C)C(C)(C(=O)Oc1cccc(Oc2ccccc2)c1)c1ccc(OC(F)F)cc1. The molecule has 0 amide bonds. The van der Waals surface area contributed by atoms with Gasteiger partial charge in [0.15, 0.2) is 0 Å². The van der Waals surface area contributed by atoms with E-state index in [9.17, 15) is 13.6 Å². The standard InChI is InChI=1S/C25H24F2O4/c1-17(2)25(3,18-12-14-20(15-13-18)31-24(26)27)23(28)30-22-11-7-10-21(16-22)29-19-8-5-4-6-9-19/h4-17,24H,1-3H3. The molecule has 0 spiro atoms. The topological polar surface area (TPSA) is 44.8 Å². The maximum absolute atomic E-state index is 13.2. The zero-order valence-electron chi connectivity index (χ0n) is 17.5. The van der Waals surface area contributed by atoms with Crippen LogP contribution in [0.2, 0.25) is 0 Å². The molecule has 3 rings (SSSR count). The number of carbonyl (C=O) groups is 1. The third-order valence-corrected chi connectivity index (χ3v) is 5.25. The molecule has 3 aromatic rings. The lowest BCUT2D eigenvalue weighted by Gasteiger charge is -2.32. The summed E-state index contributed by atoms with van der Waals surface area (Å²) in [5.41, 5.74) is -0.356. The van der Waals surface area contributed by atoms with Crippen molar-refractivity contribution in [2.45, 2.75) is 32.8 Å². The summed E-state index contributed by atoms with van der Waals surface area (Å²) >= 11 is 0. The number of halogens is 2. The summed E-state index contributed by atoms with van der Waals surface area (Å²) in [7, 11) is 0. The molecule has 3 aromatic carbocycles. The van der Waals surface area contributed by atoms with Crippen LogP contribution in [0, 0.1) is 5.92 Å². The summed E-state index contributed by atoms with van der Waals surface area (Å²) in [4.78, 5) is 13.2. The molecule has 0 saturated heterocycles. The van der Waals surface area contributed by atoms with E-state index < -0.39 is 18.0 Å². The summed E-state index contributed by atoms with van der Waals surface area (Å²) in [6.45, 7) is 2.67. The maximum atomic E-state index is 13.2. The van der Waals surface area contributed by atoms with Crippen molar-refractivity contribution in [2.75, 3.05) is 0 Å². The summed E-state index contributed by atoms with van der Waals surface area (Å²) in [6, 6.07) is 22.2. The van der Waals surface area contributed by atoms with Crippen LogP contribution in [0.15, 0.2) is 78.9 Å². The van der Waals surface area contributed by atoms with E-state index in [0.717, 1.165) is 0 Å². The highest BCUT2D eigenvalue weighted by atomic mass is 19.3. The quantitative estimate of drug-likeness (QED) is 0.301. The first kappa shape index (κ1) is 22.3. The monoisotopic (exact) mass is 426 g/mol. The van der Waals surface area contributed by atoms with Crippen LogP contribution < -0.4 is 14.2 Å². The minimum absolute atomic E-state index is 0.0315.